The van der Waals surface area contributed by atoms with Crippen molar-refractivity contribution >= 4 is 33.4 Å². The Balaban J connectivity index is 2.20. The summed E-state index contributed by atoms with van der Waals surface area (Å²) in [5.41, 5.74) is 0.371. The highest BCUT2D eigenvalue weighted by molar-refractivity contribution is 9.10. The summed E-state index contributed by atoms with van der Waals surface area (Å²) < 4.78 is 0.792. The Morgan fingerprint density at radius 2 is 1.94 bits per heavy atom. The van der Waals surface area contributed by atoms with Crippen LogP contribution in [0.4, 0.5) is 0 Å². The summed E-state index contributed by atoms with van der Waals surface area (Å²) in [6.07, 6.45) is -1.76. The Labute approximate surface area is 112 Å². The second-order valence-electron chi connectivity index (χ2n) is 3.97. The Kier molecular flexibility index (Phi) is 3.73. The molecule has 0 spiro atoms. The number of nitrogens with zero attached hydrogens (tertiary/aromatic N) is 1. The molecule has 0 bridgehead atoms. The summed E-state index contributed by atoms with van der Waals surface area (Å²) in [5.74, 6) is -0.280. The van der Waals surface area contributed by atoms with Crippen molar-refractivity contribution < 1.29 is 15.0 Å². The van der Waals surface area contributed by atoms with Gasteiger partial charge in [0.05, 0.1) is 22.8 Å². The van der Waals surface area contributed by atoms with Crippen molar-refractivity contribution in [3.05, 3.63) is 33.3 Å². The van der Waals surface area contributed by atoms with Crippen molar-refractivity contribution in [3.8, 4) is 0 Å². The number of aliphatic hydroxyl groups excluding tert-OH is 2. The Morgan fingerprint density at radius 1 is 1.35 bits per heavy atom. The van der Waals surface area contributed by atoms with E-state index in [4.69, 9.17) is 11.6 Å². The lowest BCUT2D eigenvalue weighted by atomic mass is 10.2. The molecule has 17 heavy (non-hydrogen) atoms. The van der Waals surface area contributed by atoms with Crippen LogP contribution in [-0.4, -0.2) is 46.3 Å². The molecule has 2 unspecified atom stereocenters. The van der Waals surface area contributed by atoms with Crippen LogP contribution in [0.1, 0.15) is 10.4 Å². The van der Waals surface area contributed by atoms with Gasteiger partial charge >= 0.3 is 0 Å². The molecule has 1 heterocycles. The second kappa shape index (κ2) is 4.94. The molecule has 0 aromatic heterocycles. The number of β-amino-alcohol motifs (C(OH)–C–C–N with tert-alkyl or cyclic N) is 2. The Morgan fingerprint density at radius 3 is 2.47 bits per heavy atom. The number of rotatable bonds is 1. The lowest BCUT2D eigenvalue weighted by molar-refractivity contribution is 0.0572. The fourth-order valence-electron chi connectivity index (χ4n) is 1.77. The van der Waals surface area contributed by atoms with Crippen LogP contribution in [0.25, 0.3) is 0 Å². The molecule has 92 valence electrons. The van der Waals surface area contributed by atoms with E-state index in [1.165, 1.54) is 4.90 Å². The molecule has 1 aliphatic rings. The number of hydrogen-bond donors (Lipinski definition) is 2. The van der Waals surface area contributed by atoms with Gasteiger partial charge in [-0.15, -0.1) is 0 Å². The van der Waals surface area contributed by atoms with E-state index in [0.29, 0.717) is 10.6 Å². The summed E-state index contributed by atoms with van der Waals surface area (Å²) >= 11 is 9.23. The summed E-state index contributed by atoms with van der Waals surface area (Å²) in [6, 6.07) is 4.98. The number of carbonyl (C=O) groups is 1. The minimum Gasteiger partial charge on any atom is -0.388 e. The molecule has 2 rings (SSSR count). The number of carbonyl (C=O) groups excluding carboxylic acids is 1. The number of amides is 1. The van der Waals surface area contributed by atoms with E-state index < -0.39 is 12.2 Å². The molecule has 0 aliphatic carbocycles. The molecular formula is C11H11BrClNO3. The SMILES string of the molecule is O=C(c1ccc(Br)cc1Cl)N1CC(O)C(O)C1. The molecule has 1 aromatic rings. The third-order valence-corrected chi connectivity index (χ3v) is 3.51. The van der Waals surface area contributed by atoms with Crippen molar-refractivity contribution in [2.75, 3.05) is 13.1 Å². The Hall–Kier alpha value is -0.620. The van der Waals surface area contributed by atoms with Gasteiger partial charge in [-0.2, -0.15) is 0 Å². The van der Waals surface area contributed by atoms with E-state index in [2.05, 4.69) is 15.9 Å². The number of hydrogen-bond acceptors (Lipinski definition) is 3. The fraction of sp³-hybridized carbons (Fsp3) is 0.364. The molecule has 0 radical (unpaired) electrons. The third kappa shape index (κ3) is 2.63. The molecule has 2 atom stereocenters. The summed E-state index contributed by atoms with van der Waals surface area (Å²) in [7, 11) is 0. The summed E-state index contributed by atoms with van der Waals surface area (Å²) in [4.78, 5) is 13.5. The zero-order chi connectivity index (χ0) is 12.6. The van der Waals surface area contributed by atoms with E-state index in [0.717, 1.165) is 4.47 Å². The third-order valence-electron chi connectivity index (χ3n) is 2.71. The predicted octanol–water partition coefficient (Wildman–Crippen LogP) is 1.28. The molecule has 1 fully saturated rings. The number of halogens is 2. The average molecular weight is 321 g/mol. The first-order valence-electron chi connectivity index (χ1n) is 5.09. The highest BCUT2D eigenvalue weighted by Crippen LogP contribution is 2.24. The molecule has 1 aromatic carbocycles. The lowest BCUT2D eigenvalue weighted by Gasteiger charge is -2.16. The minimum atomic E-state index is -0.881. The average Bonchev–Trinajstić information content (AvgIpc) is 2.58. The number of benzene rings is 1. The van der Waals surface area contributed by atoms with Crippen LogP contribution in [0.2, 0.25) is 5.02 Å². The van der Waals surface area contributed by atoms with Gasteiger partial charge in [0, 0.05) is 17.6 Å². The van der Waals surface area contributed by atoms with Gasteiger partial charge in [0.2, 0.25) is 0 Å². The maximum atomic E-state index is 12.1. The fourth-order valence-corrected chi connectivity index (χ4v) is 2.52. The molecule has 0 saturated carbocycles. The van der Waals surface area contributed by atoms with Crippen LogP contribution in [0.3, 0.4) is 0 Å². The highest BCUT2D eigenvalue weighted by Gasteiger charge is 2.33. The first-order chi connectivity index (χ1) is 7.99. The van der Waals surface area contributed by atoms with Crippen molar-refractivity contribution in [1.82, 2.24) is 4.90 Å². The zero-order valence-electron chi connectivity index (χ0n) is 8.81. The van der Waals surface area contributed by atoms with Gasteiger partial charge in [0.15, 0.2) is 0 Å². The quantitative estimate of drug-likeness (QED) is 0.819. The van der Waals surface area contributed by atoms with Crippen molar-refractivity contribution in [2.45, 2.75) is 12.2 Å². The van der Waals surface area contributed by atoms with E-state index in [1.807, 2.05) is 0 Å². The highest BCUT2D eigenvalue weighted by atomic mass is 79.9. The standard InChI is InChI=1S/C11H11BrClNO3/c12-6-1-2-7(8(13)3-6)11(17)14-4-9(15)10(16)5-14/h1-3,9-10,15-16H,4-5H2. The van der Waals surface area contributed by atoms with Gasteiger partial charge in [-0.05, 0) is 18.2 Å². The van der Waals surface area contributed by atoms with Gasteiger partial charge in [-0.1, -0.05) is 27.5 Å². The number of aliphatic hydroxyl groups is 2. The monoisotopic (exact) mass is 319 g/mol. The molecule has 6 heteroatoms. The van der Waals surface area contributed by atoms with Crippen LogP contribution in [0.5, 0.6) is 0 Å². The maximum absolute atomic E-state index is 12.1. The first kappa shape index (κ1) is 12.8. The predicted molar refractivity (Wildman–Crippen MR) is 67.1 cm³/mol. The van der Waals surface area contributed by atoms with Crippen molar-refractivity contribution in [3.63, 3.8) is 0 Å². The number of likely N-dealkylation sites (tertiary alicyclic amines) is 1. The van der Waals surface area contributed by atoms with Gasteiger partial charge in [-0.3, -0.25) is 4.79 Å². The smallest absolute Gasteiger partial charge is 0.255 e. The topological polar surface area (TPSA) is 60.8 Å². The normalized spacial score (nSPS) is 24.1. The van der Waals surface area contributed by atoms with Gasteiger partial charge in [0.25, 0.3) is 5.91 Å². The van der Waals surface area contributed by atoms with Gasteiger partial charge < -0.3 is 15.1 Å². The molecule has 4 nitrogen and oxygen atoms in total. The van der Waals surface area contributed by atoms with Crippen molar-refractivity contribution in [1.29, 1.82) is 0 Å². The van der Waals surface area contributed by atoms with Gasteiger partial charge in [-0.25, -0.2) is 0 Å². The largest absolute Gasteiger partial charge is 0.388 e. The first-order valence-corrected chi connectivity index (χ1v) is 6.26. The zero-order valence-corrected chi connectivity index (χ0v) is 11.1. The van der Waals surface area contributed by atoms with E-state index >= 15 is 0 Å². The molecule has 1 saturated heterocycles. The maximum Gasteiger partial charge on any atom is 0.255 e. The molecule has 1 amide bonds. The summed E-state index contributed by atoms with van der Waals surface area (Å²) in [6.45, 7) is 0.263. The van der Waals surface area contributed by atoms with Crippen LogP contribution < -0.4 is 0 Å². The van der Waals surface area contributed by atoms with Gasteiger partial charge in [0.1, 0.15) is 0 Å². The minimum absolute atomic E-state index is 0.131. The van der Waals surface area contributed by atoms with E-state index in [-0.39, 0.29) is 19.0 Å². The van der Waals surface area contributed by atoms with Crippen LogP contribution in [-0.2, 0) is 0 Å². The van der Waals surface area contributed by atoms with E-state index in [1.54, 1.807) is 18.2 Å². The lowest BCUT2D eigenvalue weighted by Crippen LogP contribution is -2.30. The van der Waals surface area contributed by atoms with Crippen LogP contribution in [0, 0.1) is 0 Å². The van der Waals surface area contributed by atoms with Crippen molar-refractivity contribution in [2.24, 2.45) is 0 Å². The molecule has 1 aliphatic heterocycles. The van der Waals surface area contributed by atoms with Crippen LogP contribution >= 0.6 is 27.5 Å². The Bertz CT molecular complexity index is 444. The molecule has 2 N–H and O–H groups in total. The molecular weight excluding hydrogens is 309 g/mol. The summed E-state index contributed by atoms with van der Waals surface area (Å²) in [5, 5.41) is 19.1. The second-order valence-corrected chi connectivity index (χ2v) is 5.29. The van der Waals surface area contributed by atoms with Crippen LogP contribution in [0.15, 0.2) is 22.7 Å². The van der Waals surface area contributed by atoms with E-state index in [9.17, 15) is 15.0 Å².